The fourth-order valence-corrected chi connectivity index (χ4v) is 1.45. The number of rotatable bonds is 6. The molecule has 0 aromatic heterocycles. The molecule has 0 heterocycles. The third-order valence-corrected chi connectivity index (χ3v) is 2.75. The Kier molecular flexibility index (Phi) is 5.61. The van der Waals surface area contributed by atoms with E-state index in [1.807, 2.05) is 0 Å². The lowest BCUT2D eigenvalue weighted by Crippen LogP contribution is -2.35. The first-order valence-corrected chi connectivity index (χ1v) is 5.88. The van der Waals surface area contributed by atoms with Crippen molar-refractivity contribution in [3.05, 3.63) is 29.8 Å². The van der Waals surface area contributed by atoms with Crippen molar-refractivity contribution in [1.29, 1.82) is 0 Å². The number of aliphatic hydroxyl groups is 1. The molecule has 0 saturated carbocycles. The van der Waals surface area contributed by atoms with Gasteiger partial charge in [-0.2, -0.15) is 0 Å². The average Bonchev–Trinajstić information content (AvgIpc) is 2.43. The summed E-state index contributed by atoms with van der Waals surface area (Å²) >= 11 is 0. The number of nitrogens with two attached hydrogens (primary N) is 1. The number of hydrogen-bond donors (Lipinski definition) is 3. The molecule has 1 aromatic carbocycles. The minimum absolute atomic E-state index is 0.153. The number of ether oxygens (including phenoxy) is 1. The van der Waals surface area contributed by atoms with Crippen LogP contribution in [0.15, 0.2) is 24.3 Å². The third-order valence-electron chi connectivity index (χ3n) is 2.75. The van der Waals surface area contributed by atoms with Crippen molar-refractivity contribution in [2.75, 3.05) is 20.2 Å². The number of nitrogens with one attached hydrogen (secondary N) is 1. The molecular weight excluding hydrogens is 232 g/mol. The molecule has 1 aromatic rings. The minimum Gasteiger partial charge on any atom is -0.497 e. The molecular formula is C13H20N2O3. The van der Waals surface area contributed by atoms with Crippen LogP contribution in [0.4, 0.5) is 0 Å². The number of benzene rings is 1. The predicted molar refractivity (Wildman–Crippen MR) is 69.2 cm³/mol. The maximum atomic E-state index is 11.5. The zero-order chi connectivity index (χ0) is 13.5. The van der Waals surface area contributed by atoms with Crippen LogP contribution in [0, 0.1) is 5.92 Å². The minimum atomic E-state index is -0.756. The van der Waals surface area contributed by atoms with Crippen LogP contribution in [0.2, 0.25) is 0 Å². The number of carbonyl (C=O) groups is 1. The maximum absolute atomic E-state index is 11.5. The zero-order valence-electron chi connectivity index (χ0n) is 10.7. The van der Waals surface area contributed by atoms with Gasteiger partial charge in [0.15, 0.2) is 0 Å². The van der Waals surface area contributed by atoms with Crippen LogP contribution in [0.1, 0.15) is 18.6 Å². The summed E-state index contributed by atoms with van der Waals surface area (Å²) in [6.07, 6.45) is -0.756. The summed E-state index contributed by atoms with van der Waals surface area (Å²) < 4.78 is 5.07. The van der Waals surface area contributed by atoms with Gasteiger partial charge in [-0.05, 0) is 17.7 Å². The highest BCUT2D eigenvalue weighted by Crippen LogP contribution is 2.18. The summed E-state index contributed by atoms with van der Waals surface area (Å²) in [4.78, 5) is 11.5. The summed E-state index contributed by atoms with van der Waals surface area (Å²) in [6.45, 7) is 2.20. The van der Waals surface area contributed by atoms with Crippen LogP contribution in [0.25, 0.3) is 0 Å². The lowest BCUT2D eigenvalue weighted by Gasteiger charge is -2.15. The topological polar surface area (TPSA) is 84.6 Å². The largest absolute Gasteiger partial charge is 0.497 e. The molecule has 100 valence electrons. The van der Waals surface area contributed by atoms with E-state index in [0.717, 1.165) is 0 Å². The van der Waals surface area contributed by atoms with Crippen molar-refractivity contribution in [2.45, 2.75) is 13.0 Å². The van der Waals surface area contributed by atoms with E-state index in [-0.39, 0.29) is 18.4 Å². The van der Waals surface area contributed by atoms with E-state index in [0.29, 0.717) is 17.9 Å². The first-order chi connectivity index (χ1) is 8.58. The Balaban J connectivity index is 2.54. The van der Waals surface area contributed by atoms with Crippen molar-refractivity contribution < 1.29 is 14.6 Å². The van der Waals surface area contributed by atoms with Crippen molar-refractivity contribution in [3.8, 4) is 5.75 Å². The number of hydrogen-bond acceptors (Lipinski definition) is 4. The van der Waals surface area contributed by atoms with Gasteiger partial charge in [0.1, 0.15) is 5.75 Å². The molecule has 4 N–H and O–H groups in total. The summed E-state index contributed by atoms with van der Waals surface area (Å²) in [7, 11) is 1.57. The molecule has 0 aliphatic carbocycles. The van der Waals surface area contributed by atoms with Crippen molar-refractivity contribution >= 4 is 5.91 Å². The Morgan fingerprint density at radius 1 is 1.56 bits per heavy atom. The number of methoxy groups -OCH3 is 1. The lowest BCUT2D eigenvalue weighted by atomic mass is 10.1. The monoisotopic (exact) mass is 252 g/mol. The second-order valence-electron chi connectivity index (χ2n) is 4.17. The van der Waals surface area contributed by atoms with E-state index >= 15 is 0 Å². The first kappa shape index (κ1) is 14.5. The third kappa shape index (κ3) is 4.01. The first-order valence-electron chi connectivity index (χ1n) is 5.88. The molecule has 0 saturated heterocycles. The molecule has 18 heavy (non-hydrogen) atoms. The fourth-order valence-electron chi connectivity index (χ4n) is 1.45. The molecule has 0 radical (unpaired) electrons. The van der Waals surface area contributed by atoms with Crippen molar-refractivity contribution in [2.24, 2.45) is 11.7 Å². The summed E-state index contributed by atoms with van der Waals surface area (Å²) in [5, 5.41) is 12.6. The van der Waals surface area contributed by atoms with Gasteiger partial charge in [0.2, 0.25) is 5.91 Å². The van der Waals surface area contributed by atoms with Gasteiger partial charge in [-0.25, -0.2) is 0 Å². The molecule has 0 bridgehead atoms. The Bertz CT molecular complexity index is 396. The van der Waals surface area contributed by atoms with E-state index in [4.69, 9.17) is 10.5 Å². The van der Waals surface area contributed by atoms with Gasteiger partial charge in [0.25, 0.3) is 0 Å². The van der Waals surface area contributed by atoms with E-state index in [1.54, 1.807) is 38.3 Å². The van der Waals surface area contributed by atoms with Crippen LogP contribution < -0.4 is 15.8 Å². The van der Waals surface area contributed by atoms with Gasteiger partial charge in [0.05, 0.1) is 13.2 Å². The average molecular weight is 252 g/mol. The highest BCUT2D eigenvalue weighted by molar-refractivity contribution is 5.78. The number of amides is 1. The van der Waals surface area contributed by atoms with Crippen LogP contribution in [-0.4, -0.2) is 31.2 Å². The molecule has 2 unspecified atom stereocenters. The van der Waals surface area contributed by atoms with E-state index in [2.05, 4.69) is 5.32 Å². The summed E-state index contributed by atoms with van der Waals surface area (Å²) in [5.41, 5.74) is 6.09. The van der Waals surface area contributed by atoms with Gasteiger partial charge >= 0.3 is 0 Å². The number of aliphatic hydroxyl groups excluding tert-OH is 1. The predicted octanol–water partition coefficient (Wildman–Crippen LogP) is 0.440. The fraction of sp³-hybridized carbons (Fsp3) is 0.462. The second-order valence-corrected chi connectivity index (χ2v) is 4.17. The van der Waals surface area contributed by atoms with Gasteiger partial charge in [-0.15, -0.1) is 0 Å². The van der Waals surface area contributed by atoms with Gasteiger partial charge in [0, 0.05) is 19.0 Å². The highest BCUT2D eigenvalue weighted by Gasteiger charge is 2.13. The van der Waals surface area contributed by atoms with E-state index < -0.39 is 6.10 Å². The zero-order valence-corrected chi connectivity index (χ0v) is 10.7. The Hall–Kier alpha value is -1.59. The Morgan fingerprint density at radius 3 is 2.89 bits per heavy atom. The smallest absolute Gasteiger partial charge is 0.224 e. The van der Waals surface area contributed by atoms with Gasteiger partial charge in [-0.3, -0.25) is 4.79 Å². The van der Waals surface area contributed by atoms with E-state index in [1.165, 1.54) is 0 Å². The van der Waals surface area contributed by atoms with Crippen molar-refractivity contribution in [1.82, 2.24) is 5.32 Å². The van der Waals surface area contributed by atoms with Crippen LogP contribution in [0.5, 0.6) is 5.75 Å². The molecule has 1 rings (SSSR count). The SMILES string of the molecule is COc1cccc(C(O)CNC(=O)C(C)CN)c1. The molecule has 0 aliphatic rings. The molecule has 0 fully saturated rings. The van der Waals surface area contributed by atoms with Crippen LogP contribution in [-0.2, 0) is 4.79 Å². The molecule has 1 amide bonds. The molecule has 0 spiro atoms. The molecule has 5 nitrogen and oxygen atoms in total. The standard InChI is InChI=1S/C13H20N2O3/c1-9(7-14)13(17)15-8-12(16)10-4-3-5-11(6-10)18-2/h3-6,9,12,16H,7-8,14H2,1-2H3,(H,15,17). The van der Waals surface area contributed by atoms with Crippen LogP contribution >= 0.6 is 0 Å². The van der Waals surface area contributed by atoms with Crippen molar-refractivity contribution in [3.63, 3.8) is 0 Å². The maximum Gasteiger partial charge on any atom is 0.224 e. The Morgan fingerprint density at radius 2 is 2.28 bits per heavy atom. The highest BCUT2D eigenvalue weighted by atomic mass is 16.5. The quantitative estimate of drug-likeness (QED) is 0.686. The summed E-state index contributed by atoms with van der Waals surface area (Å²) in [6, 6.07) is 7.11. The second kappa shape index (κ2) is 6.98. The number of carbonyl (C=O) groups excluding carboxylic acids is 1. The molecule has 2 atom stereocenters. The van der Waals surface area contributed by atoms with Gasteiger partial charge < -0.3 is 20.9 Å². The molecule has 0 aliphatic heterocycles. The molecule has 5 heteroatoms. The summed E-state index contributed by atoms with van der Waals surface area (Å²) in [5.74, 6) is 0.273. The van der Waals surface area contributed by atoms with E-state index in [9.17, 15) is 9.90 Å². The lowest BCUT2D eigenvalue weighted by molar-refractivity contribution is -0.124. The van der Waals surface area contributed by atoms with Crippen LogP contribution in [0.3, 0.4) is 0 Å². The van der Waals surface area contributed by atoms with Gasteiger partial charge in [-0.1, -0.05) is 19.1 Å². The Labute approximate surface area is 107 Å². The normalized spacial score (nSPS) is 13.8.